The number of carbonyl (C=O) groups excluding carboxylic acids is 2. The van der Waals surface area contributed by atoms with Gasteiger partial charge in [0.05, 0.1) is 13.2 Å². The highest BCUT2D eigenvalue weighted by Gasteiger charge is 2.16. The summed E-state index contributed by atoms with van der Waals surface area (Å²) in [7, 11) is 0. The van der Waals surface area contributed by atoms with Crippen molar-refractivity contribution in [3.05, 3.63) is 65.5 Å². The van der Waals surface area contributed by atoms with Crippen LogP contribution in [-0.4, -0.2) is 37.6 Å². The molecule has 0 aliphatic carbocycles. The molecular weight excluding hydrogens is 385 g/mol. The Morgan fingerprint density at radius 2 is 2.00 bits per heavy atom. The van der Waals surface area contributed by atoms with Gasteiger partial charge in [0, 0.05) is 36.8 Å². The van der Waals surface area contributed by atoms with E-state index in [9.17, 15) is 14.0 Å². The highest BCUT2D eigenvalue weighted by atomic mass is 35.5. The third kappa shape index (κ3) is 6.60. The number of ether oxygens (including phenoxy) is 1. The van der Waals surface area contributed by atoms with Crippen molar-refractivity contribution >= 4 is 29.9 Å². The fourth-order valence-electron chi connectivity index (χ4n) is 2.84. The van der Waals surface area contributed by atoms with Crippen LogP contribution in [0.1, 0.15) is 22.3 Å². The lowest BCUT2D eigenvalue weighted by atomic mass is 10.1. The van der Waals surface area contributed by atoms with E-state index in [-0.39, 0.29) is 35.8 Å². The van der Waals surface area contributed by atoms with Gasteiger partial charge >= 0.3 is 0 Å². The molecule has 0 radical (unpaired) electrons. The number of halogens is 2. The van der Waals surface area contributed by atoms with E-state index in [4.69, 9.17) is 4.74 Å². The Morgan fingerprint density at radius 3 is 2.75 bits per heavy atom. The fraction of sp³-hybridized carbons (Fsp3) is 0.300. The van der Waals surface area contributed by atoms with Crippen molar-refractivity contribution in [1.82, 2.24) is 10.6 Å². The van der Waals surface area contributed by atoms with E-state index < -0.39 is 5.82 Å². The largest absolute Gasteiger partial charge is 0.378 e. The average molecular weight is 408 g/mol. The summed E-state index contributed by atoms with van der Waals surface area (Å²) in [6.07, 6.45) is 0.357. The van der Waals surface area contributed by atoms with Crippen LogP contribution in [0.25, 0.3) is 0 Å². The highest BCUT2D eigenvalue weighted by Crippen LogP contribution is 2.13. The third-order valence-corrected chi connectivity index (χ3v) is 4.19. The second-order valence-corrected chi connectivity index (χ2v) is 6.37. The summed E-state index contributed by atoms with van der Waals surface area (Å²) in [5.74, 6) is -0.914. The number of morpholine rings is 1. The molecule has 1 heterocycles. The summed E-state index contributed by atoms with van der Waals surface area (Å²) < 4.78 is 18.6. The third-order valence-electron chi connectivity index (χ3n) is 4.19. The maximum atomic E-state index is 13.2. The standard InChI is InChI=1S/C20H22FN3O3.ClH/c21-16-5-2-4-15(10-16)20(26)24-17-6-1-3-14(9-17)12-23-19(25)11-18-13-27-8-7-22-18;/h1-6,9-10,18,22H,7-8,11-13H2,(H,23,25)(H,24,26);1H. The zero-order chi connectivity index (χ0) is 19.1. The van der Waals surface area contributed by atoms with E-state index in [1.807, 2.05) is 6.07 Å². The smallest absolute Gasteiger partial charge is 0.255 e. The van der Waals surface area contributed by atoms with E-state index in [1.165, 1.54) is 18.2 Å². The summed E-state index contributed by atoms with van der Waals surface area (Å²) in [5, 5.41) is 8.84. The van der Waals surface area contributed by atoms with Crippen molar-refractivity contribution in [3.8, 4) is 0 Å². The van der Waals surface area contributed by atoms with E-state index in [0.717, 1.165) is 12.1 Å². The lowest BCUT2D eigenvalue weighted by Crippen LogP contribution is -2.44. The van der Waals surface area contributed by atoms with Gasteiger partial charge in [0.25, 0.3) is 5.91 Å². The van der Waals surface area contributed by atoms with Gasteiger partial charge in [0.2, 0.25) is 5.91 Å². The predicted molar refractivity (Wildman–Crippen MR) is 107 cm³/mol. The Kier molecular flexibility index (Phi) is 8.38. The fourth-order valence-corrected chi connectivity index (χ4v) is 2.84. The van der Waals surface area contributed by atoms with Crippen LogP contribution < -0.4 is 16.0 Å². The molecule has 0 saturated carbocycles. The number of nitrogens with one attached hydrogen (secondary N) is 3. The van der Waals surface area contributed by atoms with Crippen LogP contribution in [0.3, 0.4) is 0 Å². The van der Waals surface area contributed by atoms with Gasteiger partial charge in [-0.25, -0.2) is 4.39 Å². The molecule has 3 N–H and O–H groups in total. The van der Waals surface area contributed by atoms with Gasteiger partial charge in [-0.2, -0.15) is 0 Å². The van der Waals surface area contributed by atoms with Gasteiger partial charge in [0.1, 0.15) is 5.82 Å². The first kappa shape index (κ1) is 21.8. The molecular formula is C20H23ClFN3O3. The van der Waals surface area contributed by atoms with E-state index in [2.05, 4.69) is 16.0 Å². The van der Waals surface area contributed by atoms with Crippen LogP contribution in [0.2, 0.25) is 0 Å². The van der Waals surface area contributed by atoms with Gasteiger partial charge < -0.3 is 20.7 Å². The second-order valence-electron chi connectivity index (χ2n) is 6.37. The Labute approximate surface area is 169 Å². The van der Waals surface area contributed by atoms with E-state index in [0.29, 0.717) is 31.9 Å². The molecule has 1 saturated heterocycles. The first-order chi connectivity index (χ1) is 13.1. The zero-order valence-electron chi connectivity index (χ0n) is 15.2. The molecule has 8 heteroatoms. The molecule has 150 valence electrons. The molecule has 1 fully saturated rings. The Morgan fingerprint density at radius 1 is 1.18 bits per heavy atom. The highest BCUT2D eigenvalue weighted by molar-refractivity contribution is 6.04. The molecule has 3 rings (SSSR count). The lowest BCUT2D eigenvalue weighted by Gasteiger charge is -2.23. The molecule has 2 amide bonds. The van der Waals surface area contributed by atoms with Crippen LogP contribution in [0.4, 0.5) is 10.1 Å². The number of anilines is 1. The summed E-state index contributed by atoms with van der Waals surface area (Å²) in [6.45, 7) is 2.32. The molecule has 28 heavy (non-hydrogen) atoms. The first-order valence-corrected chi connectivity index (χ1v) is 8.84. The summed E-state index contributed by atoms with van der Waals surface area (Å²) in [4.78, 5) is 24.3. The van der Waals surface area contributed by atoms with E-state index in [1.54, 1.807) is 24.3 Å². The van der Waals surface area contributed by atoms with Crippen molar-refractivity contribution in [2.45, 2.75) is 19.0 Å². The SMILES string of the molecule is Cl.O=C(CC1COCCN1)NCc1cccc(NC(=O)c2cccc(F)c2)c1. The van der Waals surface area contributed by atoms with Crippen LogP contribution in [0, 0.1) is 5.82 Å². The molecule has 6 nitrogen and oxygen atoms in total. The number of rotatable bonds is 6. The first-order valence-electron chi connectivity index (χ1n) is 8.84. The van der Waals surface area contributed by atoms with Crippen molar-refractivity contribution in [2.24, 2.45) is 0 Å². The number of hydrogen-bond donors (Lipinski definition) is 3. The lowest BCUT2D eigenvalue weighted by molar-refractivity contribution is -0.122. The van der Waals surface area contributed by atoms with Gasteiger partial charge in [0.15, 0.2) is 0 Å². The van der Waals surface area contributed by atoms with Crippen LogP contribution in [0.15, 0.2) is 48.5 Å². The molecule has 2 aromatic rings. The van der Waals surface area contributed by atoms with Gasteiger partial charge in [-0.15, -0.1) is 12.4 Å². The minimum absolute atomic E-state index is 0. The van der Waals surface area contributed by atoms with Crippen LogP contribution in [-0.2, 0) is 16.1 Å². The Balaban J connectivity index is 0.00000280. The average Bonchev–Trinajstić information content (AvgIpc) is 2.67. The molecule has 2 aromatic carbocycles. The molecule has 1 aliphatic rings. The van der Waals surface area contributed by atoms with Crippen molar-refractivity contribution < 1.29 is 18.7 Å². The predicted octanol–water partition coefficient (Wildman–Crippen LogP) is 2.49. The van der Waals surface area contributed by atoms with Crippen molar-refractivity contribution in [2.75, 3.05) is 25.1 Å². The molecule has 0 aromatic heterocycles. The zero-order valence-corrected chi connectivity index (χ0v) is 16.1. The second kappa shape index (κ2) is 10.8. The van der Waals surface area contributed by atoms with Gasteiger partial charge in [-0.1, -0.05) is 18.2 Å². The molecule has 0 spiro atoms. The summed E-state index contributed by atoms with van der Waals surface area (Å²) in [6, 6.07) is 12.7. The van der Waals surface area contributed by atoms with Crippen molar-refractivity contribution in [3.63, 3.8) is 0 Å². The number of benzene rings is 2. The Bertz CT molecular complexity index is 813. The minimum atomic E-state index is -0.461. The topological polar surface area (TPSA) is 79.5 Å². The number of amides is 2. The normalized spacial score (nSPS) is 16.0. The van der Waals surface area contributed by atoms with Gasteiger partial charge in [-0.05, 0) is 35.9 Å². The summed E-state index contributed by atoms with van der Waals surface area (Å²) in [5.41, 5.74) is 1.68. The van der Waals surface area contributed by atoms with Gasteiger partial charge in [-0.3, -0.25) is 9.59 Å². The summed E-state index contributed by atoms with van der Waals surface area (Å²) >= 11 is 0. The number of carbonyl (C=O) groups is 2. The van der Waals surface area contributed by atoms with Crippen LogP contribution in [0.5, 0.6) is 0 Å². The molecule has 0 bridgehead atoms. The quantitative estimate of drug-likeness (QED) is 0.687. The Hall–Kier alpha value is -2.48. The minimum Gasteiger partial charge on any atom is -0.378 e. The molecule has 1 unspecified atom stereocenters. The van der Waals surface area contributed by atoms with Crippen LogP contribution >= 0.6 is 12.4 Å². The molecule has 1 atom stereocenters. The maximum absolute atomic E-state index is 13.2. The van der Waals surface area contributed by atoms with Crippen molar-refractivity contribution in [1.29, 1.82) is 0 Å². The number of hydrogen-bond acceptors (Lipinski definition) is 4. The maximum Gasteiger partial charge on any atom is 0.255 e. The molecule has 1 aliphatic heterocycles. The monoisotopic (exact) mass is 407 g/mol. The van der Waals surface area contributed by atoms with E-state index >= 15 is 0 Å².